The molecular formula is C14H18BrNO. The zero-order valence-corrected chi connectivity index (χ0v) is 11.4. The molecule has 2 nitrogen and oxygen atoms in total. The summed E-state index contributed by atoms with van der Waals surface area (Å²) in [5, 5.41) is 3.03. The third kappa shape index (κ3) is 3.84. The number of carbonyl (C=O) groups is 1. The van der Waals surface area contributed by atoms with E-state index < -0.39 is 0 Å². The fraction of sp³-hybridized carbons (Fsp3) is 0.500. The van der Waals surface area contributed by atoms with Crippen LogP contribution in [0.4, 0.5) is 0 Å². The van der Waals surface area contributed by atoms with Crippen molar-refractivity contribution in [1.82, 2.24) is 5.32 Å². The minimum atomic E-state index is 0.0477. The number of halogens is 1. The largest absolute Gasteiger partial charge is 0.352 e. The van der Waals surface area contributed by atoms with Crippen molar-refractivity contribution in [2.24, 2.45) is 5.92 Å². The van der Waals surface area contributed by atoms with Gasteiger partial charge in [0.05, 0.1) is 0 Å². The van der Waals surface area contributed by atoms with Gasteiger partial charge in [-0.1, -0.05) is 34.1 Å². The highest BCUT2D eigenvalue weighted by atomic mass is 79.9. The Labute approximate surface area is 111 Å². The number of benzene rings is 1. The number of hydrogen-bond acceptors (Lipinski definition) is 1. The molecular weight excluding hydrogens is 278 g/mol. The topological polar surface area (TPSA) is 29.1 Å². The maximum atomic E-state index is 11.8. The molecule has 2 rings (SSSR count). The van der Waals surface area contributed by atoms with E-state index in [9.17, 15) is 4.79 Å². The predicted molar refractivity (Wildman–Crippen MR) is 73.4 cm³/mol. The average molecular weight is 296 g/mol. The van der Waals surface area contributed by atoms with Gasteiger partial charge in [-0.05, 0) is 43.7 Å². The lowest BCUT2D eigenvalue weighted by Crippen LogP contribution is -2.31. The van der Waals surface area contributed by atoms with Crippen LogP contribution in [0.25, 0.3) is 0 Å². The zero-order valence-electron chi connectivity index (χ0n) is 9.86. The van der Waals surface area contributed by atoms with Gasteiger partial charge < -0.3 is 5.32 Å². The van der Waals surface area contributed by atoms with Gasteiger partial charge in [-0.25, -0.2) is 0 Å². The lowest BCUT2D eigenvalue weighted by molar-refractivity contribution is 0.0944. The van der Waals surface area contributed by atoms with Crippen molar-refractivity contribution < 1.29 is 4.79 Å². The second kappa shape index (κ2) is 6.20. The zero-order chi connectivity index (χ0) is 12.1. The van der Waals surface area contributed by atoms with Crippen molar-refractivity contribution in [1.29, 1.82) is 0 Å². The predicted octanol–water partition coefficient (Wildman–Crippen LogP) is 3.37. The van der Waals surface area contributed by atoms with Gasteiger partial charge in [0, 0.05) is 16.9 Å². The lowest BCUT2D eigenvalue weighted by Gasteiger charge is -2.25. The number of nitrogens with one attached hydrogen (secondary N) is 1. The minimum Gasteiger partial charge on any atom is -0.352 e. The van der Waals surface area contributed by atoms with Gasteiger partial charge >= 0.3 is 0 Å². The molecule has 0 unspecified atom stereocenters. The number of rotatable bonds is 3. The molecule has 0 aromatic heterocycles. The van der Waals surface area contributed by atoms with Crippen LogP contribution in [0.15, 0.2) is 30.3 Å². The minimum absolute atomic E-state index is 0.0477. The highest BCUT2D eigenvalue weighted by Gasteiger charge is 2.19. The van der Waals surface area contributed by atoms with Crippen LogP contribution < -0.4 is 5.32 Å². The monoisotopic (exact) mass is 295 g/mol. The summed E-state index contributed by atoms with van der Waals surface area (Å²) in [4.78, 5) is 12.5. The molecule has 1 amide bonds. The second-order valence-corrected chi connectivity index (χ2v) is 5.99. The molecule has 0 heterocycles. The summed E-state index contributed by atoms with van der Waals surface area (Å²) in [5.41, 5.74) is 0.752. The van der Waals surface area contributed by atoms with Gasteiger partial charge in [-0.2, -0.15) is 0 Å². The number of alkyl halides is 1. The quantitative estimate of drug-likeness (QED) is 0.851. The van der Waals surface area contributed by atoms with Gasteiger partial charge in [-0.15, -0.1) is 0 Å². The summed E-state index contributed by atoms with van der Waals surface area (Å²) in [7, 11) is 0. The first-order valence-corrected chi connectivity index (χ1v) is 7.14. The van der Waals surface area contributed by atoms with E-state index in [1.807, 2.05) is 30.3 Å². The van der Waals surface area contributed by atoms with E-state index >= 15 is 0 Å². The fourth-order valence-electron chi connectivity index (χ4n) is 2.25. The van der Waals surface area contributed by atoms with E-state index in [1.165, 1.54) is 25.7 Å². The number of hydrogen-bond donors (Lipinski definition) is 1. The van der Waals surface area contributed by atoms with Crippen molar-refractivity contribution in [2.45, 2.75) is 30.5 Å². The van der Waals surface area contributed by atoms with Crippen molar-refractivity contribution >= 4 is 21.8 Å². The van der Waals surface area contributed by atoms with Crippen LogP contribution >= 0.6 is 15.9 Å². The maximum Gasteiger partial charge on any atom is 0.251 e. The van der Waals surface area contributed by atoms with Crippen LogP contribution in [-0.2, 0) is 0 Å². The molecule has 0 radical (unpaired) electrons. The Morgan fingerprint density at radius 1 is 1.18 bits per heavy atom. The summed E-state index contributed by atoms with van der Waals surface area (Å²) in [6.45, 7) is 0.813. The van der Waals surface area contributed by atoms with E-state index in [0.717, 1.165) is 12.1 Å². The molecule has 1 aromatic rings. The molecule has 0 aliphatic heterocycles. The van der Waals surface area contributed by atoms with Crippen LogP contribution in [0.3, 0.4) is 0 Å². The summed E-state index contributed by atoms with van der Waals surface area (Å²) in [6.07, 6.45) is 4.88. The molecule has 0 atom stereocenters. The highest BCUT2D eigenvalue weighted by Crippen LogP contribution is 2.28. The summed E-state index contributed by atoms with van der Waals surface area (Å²) in [6, 6.07) is 9.42. The van der Waals surface area contributed by atoms with Gasteiger partial charge in [0.1, 0.15) is 0 Å². The summed E-state index contributed by atoms with van der Waals surface area (Å²) in [5.74, 6) is 0.697. The molecule has 1 aromatic carbocycles. The highest BCUT2D eigenvalue weighted by molar-refractivity contribution is 9.09. The molecule has 1 N–H and O–H groups in total. The third-order valence-electron chi connectivity index (χ3n) is 3.36. The van der Waals surface area contributed by atoms with Gasteiger partial charge in [-0.3, -0.25) is 4.79 Å². The molecule has 1 saturated carbocycles. The van der Waals surface area contributed by atoms with Gasteiger partial charge in [0.2, 0.25) is 0 Å². The first-order chi connectivity index (χ1) is 8.25. The molecule has 1 aliphatic rings. The van der Waals surface area contributed by atoms with Crippen molar-refractivity contribution in [2.75, 3.05) is 6.54 Å². The molecule has 1 aliphatic carbocycles. The Balaban J connectivity index is 1.77. The third-order valence-corrected chi connectivity index (χ3v) is 4.28. The van der Waals surface area contributed by atoms with Crippen molar-refractivity contribution in [3.63, 3.8) is 0 Å². The normalized spacial score (nSPS) is 24.3. The molecule has 0 bridgehead atoms. The lowest BCUT2D eigenvalue weighted by atomic mass is 9.89. The smallest absolute Gasteiger partial charge is 0.251 e. The molecule has 1 fully saturated rings. The number of amides is 1. The first kappa shape index (κ1) is 12.6. The molecule has 0 spiro atoms. The summed E-state index contributed by atoms with van der Waals surface area (Å²) >= 11 is 3.65. The van der Waals surface area contributed by atoms with Crippen molar-refractivity contribution in [3.05, 3.63) is 35.9 Å². The Hall–Kier alpha value is -0.830. The van der Waals surface area contributed by atoms with Crippen LogP contribution in [-0.4, -0.2) is 17.3 Å². The Morgan fingerprint density at radius 3 is 2.47 bits per heavy atom. The first-order valence-electron chi connectivity index (χ1n) is 6.23. The molecule has 0 saturated heterocycles. The molecule has 17 heavy (non-hydrogen) atoms. The standard InChI is InChI=1S/C14H18BrNO/c15-13-8-6-11(7-9-13)10-16-14(17)12-4-2-1-3-5-12/h1-5,11,13H,6-10H2,(H,16,17). The molecule has 3 heteroatoms. The second-order valence-electron chi connectivity index (χ2n) is 4.69. The van der Waals surface area contributed by atoms with Gasteiger partial charge in [0.15, 0.2) is 0 Å². The van der Waals surface area contributed by atoms with E-state index in [2.05, 4.69) is 21.2 Å². The van der Waals surface area contributed by atoms with Crippen molar-refractivity contribution in [3.8, 4) is 0 Å². The fourth-order valence-corrected chi connectivity index (χ4v) is 2.78. The summed E-state index contributed by atoms with van der Waals surface area (Å²) < 4.78 is 0. The maximum absolute atomic E-state index is 11.8. The van der Waals surface area contributed by atoms with E-state index in [-0.39, 0.29) is 5.91 Å². The van der Waals surface area contributed by atoms with E-state index in [4.69, 9.17) is 0 Å². The van der Waals surface area contributed by atoms with Crippen LogP contribution in [0.2, 0.25) is 0 Å². The van der Waals surface area contributed by atoms with Crippen LogP contribution in [0.1, 0.15) is 36.0 Å². The van der Waals surface area contributed by atoms with Crippen LogP contribution in [0.5, 0.6) is 0 Å². The molecule has 92 valence electrons. The van der Waals surface area contributed by atoms with Crippen LogP contribution in [0, 0.1) is 5.92 Å². The SMILES string of the molecule is O=C(NCC1CCC(Br)CC1)c1ccccc1. The number of carbonyl (C=O) groups excluding carboxylic acids is 1. The Kier molecular flexibility index (Phi) is 4.60. The average Bonchev–Trinajstić information content (AvgIpc) is 2.39. The van der Waals surface area contributed by atoms with E-state index in [1.54, 1.807) is 0 Å². The van der Waals surface area contributed by atoms with E-state index in [0.29, 0.717) is 10.7 Å². The Morgan fingerprint density at radius 2 is 1.82 bits per heavy atom. The van der Waals surface area contributed by atoms with Gasteiger partial charge in [0.25, 0.3) is 5.91 Å². The Bertz CT molecular complexity index is 358.